The molecular weight excluding hydrogens is 516 g/mol. The highest BCUT2D eigenvalue weighted by molar-refractivity contribution is 6.31. The van der Waals surface area contributed by atoms with Gasteiger partial charge in [0.05, 0.1) is 53.4 Å². The van der Waals surface area contributed by atoms with Crippen LogP contribution in [0, 0.1) is 17.2 Å². The average molecular weight is 547 g/mol. The summed E-state index contributed by atoms with van der Waals surface area (Å²) >= 11 is 6.40. The fourth-order valence-electron chi connectivity index (χ4n) is 5.51. The highest BCUT2D eigenvalue weighted by Gasteiger charge is 2.25. The van der Waals surface area contributed by atoms with Crippen LogP contribution in [0.3, 0.4) is 0 Å². The van der Waals surface area contributed by atoms with Gasteiger partial charge in [0, 0.05) is 47.6 Å². The Morgan fingerprint density at radius 1 is 1.15 bits per heavy atom. The third-order valence-electron chi connectivity index (χ3n) is 7.66. The van der Waals surface area contributed by atoms with E-state index < -0.39 is 0 Å². The Balaban J connectivity index is 1.45. The largest absolute Gasteiger partial charge is 0.490 e. The number of nitriles is 1. The van der Waals surface area contributed by atoms with Crippen LogP contribution < -0.4 is 20.1 Å². The molecule has 0 bridgehead atoms. The van der Waals surface area contributed by atoms with E-state index >= 15 is 0 Å². The summed E-state index contributed by atoms with van der Waals surface area (Å²) in [6, 6.07) is 11.6. The number of halogens is 1. The molecule has 0 amide bonds. The molecule has 0 radical (unpaired) electrons. The Morgan fingerprint density at radius 3 is 2.77 bits per heavy atom. The fourth-order valence-corrected chi connectivity index (χ4v) is 5.72. The van der Waals surface area contributed by atoms with Crippen LogP contribution in [0.15, 0.2) is 47.2 Å². The minimum atomic E-state index is -0.00983. The van der Waals surface area contributed by atoms with Gasteiger partial charge >= 0.3 is 0 Å². The summed E-state index contributed by atoms with van der Waals surface area (Å²) in [5.41, 5.74) is 3.06. The maximum absolute atomic E-state index is 10.1. The van der Waals surface area contributed by atoms with Gasteiger partial charge in [0.25, 0.3) is 0 Å². The second-order valence-corrected chi connectivity index (χ2v) is 10.7. The van der Waals surface area contributed by atoms with Gasteiger partial charge in [-0.1, -0.05) is 11.6 Å². The minimum Gasteiger partial charge on any atom is -0.490 e. The fraction of sp³-hybridized carbons (Fsp3) is 0.400. The zero-order valence-corrected chi connectivity index (χ0v) is 22.6. The molecule has 9 heteroatoms. The lowest BCUT2D eigenvalue weighted by atomic mass is 9.93. The first-order chi connectivity index (χ1) is 19.1. The number of hydrogen-bond acceptors (Lipinski definition) is 8. The van der Waals surface area contributed by atoms with E-state index in [0.29, 0.717) is 58.0 Å². The summed E-state index contributed by atoms with van der Waals surface area (Å²) < 4.78 is 24.2. The highest BCUT2D eigenvalue weighted by atomic mass is 35.5. The van der Waals surface area contributed by atoms with Crippen LogP contribution in [0.25, 0.3) is 21.9 Å². The van der Waals surface area contributed by atoms with Crippen LogP contribution in [0.4, 0.5) is 11.4 Å². The molecule has 2 saturated heterocycles. The monoisotopic (exact) mass is 546 g/mol. The van der Waals surface area contributed by atoms with Crippen LogP contribution in [0.2, 0.25) is 5.02 Å². The van der Waals surface area contributed by atoms with E-state index in [2.05, 4.69) is 28.6 Å². The molecule has 6 rings (SSSR count). The Morgan fingerprint density at radius 2 is 1.97 bits per heavy atom. The number of rotatable bonds is 7. The van der Waals surface area contributed by atoms with Crippen molar-refractivity contribution in [1.29, 1.82) is 5.26 Å². The van der Waals surface area contributed by atoms with Gasteiger partial charge in [-0.3, -0.25) is 4.98 Å². The molecule has 2 N–H and O–H groups in total. The van der Waals surface area contributed by atoms with Crippen molar-refractivity contribution >= 4 is 44.8 Å². The molecule has 39 heavy (non-hydrogen) atoms. The standard InChI is InChI=1S/C30H31ClN4O4/c1-18(19-2-7-33-8-3-19)38-23-14-26-29(28(15-23)39-22-4-9-36-10-5-22)30(20(16-32)17-34-26)35-25-12-21(31)13-27-24(25)6-11-37-27/h6,11-15,17-19,22,33H,2-5,7-10H2,1H3,(H,34,35). The quantitative estimate of drug-likeness (QED) is 0.268. The number of anilines is 2. The third kappa shape index (κ3) is 5.48. The SMILES string of the molecule is CC(Oc1cc(OC2CCOCC2)c2c(Nc3cc(Cl)cc4occc34)c(C#N)cnc2c1)C1CCNCC1. The molecule has 1 atom stereocenters. The number of hydrogen-bond donors (Lipinski definition) is 2. The Kier molecular flexibility index (Phi) is 7.47. The number of benzene rings is 2. The second kappa shape index (κ2) is 11.3. The van der Waals surface area contributed by atoms with Crippen molar-refractivity contribution in [2.75, 3.05) is 31.6 Å². The topological polar surface area (TPSA) is 102 Å². The normalized spacial score (nSPS) is 17.7. The van der Waals surface area contributed by atoms with Crippen molar-refractivity contribution < 1.29 is 18.6 Å². The predicted molar refractivity (Wildman–Crippen MR) is 151 cm³/mol. The molecule has 0 saturated carbocycles. The van der Waals surface area contributed by atoms with Gasteiger partial charge in [-0.15, -0.1) is 0 Å². The molecule has 2 aliphatic heterocycles. The lowest BCUT2D eigenvalue weighted by molar-refractivity contribution is 0.0260. The molecular formula is C30H31ClN4O4. The number of ether oxygens (including phenoxy) is 3. The molecule has 2 fully saturated rings. The van der Waals surface area contributed by atoms with Crippen molar-refractivity contribution in [2.45, 2.75) is 44.8 Å². The van der Waals surface area contributed by atoms with Crippen LogP contribution in [0.5, 0.6) is 11.5 Å². The van der Waals surface area contributed by atoms with E-state index in [9.17, 15) is 5.26 Å². The van der Waals surface area contributed by atoms with Crippen molar-refractivity contribution in [3.05, 3.63) is 53.4 Å². The number of furan rings is 1. The molecule has 1 unspecified atom stereocenters. The van der Waals surface area contributed by atoms with E-state index in [4.69, 9.17) is 30.2 Å². The van der Waals surface area contributed by atoms with E-state index in [1.807, 2.05) is 24.3 Å². The highest BCUT2D eigenvalue weighted by Crippen LogP contribution is 2.41. The van der Waals surface area contributed by atoms with Crippen LogP contribution in [0.1, 0.15) is 38.2 Å². The van der Waals surface area contributed by atoms with Gasteiger partial charge in [0.2, 0.25) is 0 Å². The molecule has 4 heterocycles. The summed E-state index contributed by atoms with van der Waals surface area (Å²) in [4.78, 5) is 4.66. The lowest BCUT2D eigenvalue weighted by Crippen LogP contribution is -2.35. The van der Waals surface area contributed by atoms with Gasteiger partial charge in [-0.25, -0.2) is 0 Å². The summed E-state index contributed by atoms with van der Waals surface area (Å²) in [5.74, 6) is 1.82. The van der Waals surface area contributed by atoms with Gasteiger partial charge < -0.3 is 29.3 Å². The predicted octanol–water partition coefficient (Wildman–Crippen LogP) is 6.57. The first-order valence-corrected chi connectivity index (χ1v) is 13.9. The molecule has 4 aromatic rings. The maximum atomic E-state index is 10.1. The first-order valence-electron chi connectivity index (χ1n) is 13.5. The average Bonchev–Trinajstić information content (AvgIpc) is 3.43. The summed E-state index contributed by atoms with van der Waals surface area (Å²) in [7, 11) is 0. The van der Waals surface area contributed by atoms with Crippen LogP contribution in [-0.4, -0.2) is 43.5 Å². The van der Waals surface area contributed by atoms with Crippen molar-refractivity contribution in [3.63, 3.8) is 0 Å². The number of aromatic nitrogens is 1. The number of piperidine rings is 1. The minimum absolute atomic E-state index is 0.00983. The Labute approximate surface area is 232 Å². The number of pyridine rings is 1. The van der Waals surface area contributed by atoms with E-state index in [1.165, 1.54) is 0 Å². The summed E-state index contributed by atoms with van der Waals surface area (Å²) in [6.07, 6.45) is 6.99. The van der Waals surface area contributed by atoms with E-state index in [0.717, 1.165) is 55.2 Å². The van der Waals surface area contributed by atoms with Crippen LogP contribution in [-0.2, 0) is 4.74 Å². The molecule has 0 aliphatic carbocycles. The van der Waals surface area contributed by atoms with Gasteiger partial charge in [-0.05, 0) is 50.9 Å². The summed E-state index contributed by atoms with van der Waals surface area (Å²) in [5, 5.41) is 19.0. The molecule has 8 nitrogen and oxygen atoms in total. The molecule has 0 spiro atoms. The van der Waals surface area contributed by atoms with Crippen molar-refractivity contribution in [2.24, 2.45) is 5.92 Å². The number of fused-ring (bicyclic) bond motifs is 2. The Bertz CT molecular complexity index is 1520. The molecule has 2 aliphatic rings. The third-order valence-corrected chi connectivity index (χ3v) is 7.87. The Hall–Kier alpha value is -3.51. The zero-order valence-electron chi connectivity index (χ0n) is 21.8. The number of nitrogens with zero attached hydrogens (tertiary/aromatic N) is 2. The molecule has 2 aromatic heterocycles. The van der Waals surface area contributed by atoms with Crippen LogP contribution >= 0.6 is 11.6 Å². The number of nitrogens with one attached hydrogen (secondary N) is 2. The zero-order chi connectivity index (χ0) is 26.8. The van der Waals surface area contributed by atoms with Gasteiger partial charge in [0.1, 0.15) is 29.3 Å². The van der Waals surface area contributed by atoms with E-state index in [1.54, 1.807) is 18.5 Å². The van der Waals surface area contributed by atoms with Gasteiger partial charge in [-0.2, -0.15) is 5.26 Å². The summed E-state index contributed by atoms with van der Waals surface area (Å²) in [6.45, 7) is 5.46. The van der Waals surface area contributed by atoms with E-state index in [-0.39, 0.29) is 12.2 Å². The van der Waals surface area contributed by atoms with Crippen molar-refractivity contribution in [1.82, 2.24) is 10.3 Å². The van der Waals surface area contributed by atoms with Gasteiger partial charge in [0.15, 0.2) is 0 Å². The smallest absolute Gasteiger partial charge is 0.137 e. The van der Waals surface area contributed by atoms with Crippen molar-refractivity contribution in [3.8, 4) is 17.6 Å². The second-order valence-electron chi connectivity index (χ2n) is 10.2. The molecule has 202 valence electrons. The molecule has 2 aromatic carbocycles. The maximum Gasteiger partial charge on any atom is 0.137 e. The lowest BCUT2D eigenvalue weighted by Gasteiger charge is -2.29. The first kappa shape index (κ1) is 25.8.